The van der Waals surface area contributed by atoms with Crippen LogP contribution >= 0.6 is 0 Å². The molecule has 0 saturated carbocycles. The van der Waals surface area contributed by atoms with E-state index in [1.807, 2.05) is 12.1 Å². The first kappa shape index (κ1) is 23.5. The lowest BCUT2D eigenvalue weighted by Crippen LogP contribution is -2.26. The molecule has 0 spiro atoms. The van der Waals surface area contributed by atoms with Gasteiger partial charge in [-0.2, -0.15) is 0 Å². The van der Waals surface area contributed by atoms with Crippen molar-refractivity contribution in [3.63, 3.8) is 0 Å². The zero-order chi connectivity index (χ0) is 23.0. The van der Waals surface area contributed by atoms with Gasteiger partial charge in [-0.3, -0.25) is 0 Å². The molecule has 1 unspecified atom stereocenters. The van der Waals surface area contributed by atoms with E-state index in [0.29, 0.717) is 31.8 Å². The number of carboxylic acids is 1. The third kappa shape index (κ3) is 6.18. The fraction of sp³-hybridized carbons (Fsp3) is 0.240. The van der Waals surface area contributed by atoms with E-state index < -0.39 is 21.9 Å². The maximum Gasteiger partial charge on any atom is 0.333 e. The second-order valence-electron chi connectivity index (χ2n) is 7.19. The molecule has 0 amide bonds. The van der Waals surface area contributed by atoms with Crippen molar-refractivity contribution in [1.82, 2.24) is 0 Å². The minimum atomic E-state index is -3.52. The van der Waals surface area contributed by atoms with Crippen LogP contribution < -0.4 is 4.74 Å². The van der Waals surface area contributed by atoms with Crippen LogP contribution in [0.15, 0.2) is 88.7 Å². The summed E-state index contributed by atoms with van der Waals surface area (Å²) in [6.07, 6.45) is 0.0565. The van der Waals surface area contributed by atoms with Gasteiger partial charge in [0.05, 0.1) is 16.4 Å². The molecule has 1 N–H and O–H groups in total. The summed E-state index contributed by atoms with van der Waals surface area (Å²) in [6.45, 7) is 2.54. The molecule has 3 aromatic rings. The van der Waals surface area contributed by atoms with Gasteiger partial charge < -0.3 is 14.6 Å². The molecule has 0 saturated heterocycles. The summed E-state index contributed by atoms with van der Waals surface area (Å²) >= 11 is 0. The summed E-state index contributed by atoms with van der Waals surface area (Å²) in [5, 5.41) is 9.18. The van der Waals surface area contributed by atoms with E-state index in [2.05, 4.69) is 0 Å². The summed E-state index contributed by atoms with van der Waals surface area (Å²) in [6, 6.07) is 22.4. The fourth-order valence-electron chi connectivity index (χ4n) is 3.21. The highest BCUT2D eigenvalue weighted by molar-refractivity contribution is 7.91. The average molecular weight is 455 g/mol. The van der Waals surface area contributed by atoms with Gasteiger partial charge in [-0.05, 0) is 54.4 Å². The van der Waals surface area contributed by atoms with Crippen molar-refractivity contribution in [3.8, 4) is 5.75 Å². The van der Waals surface area contributed by atoms with Crippen LogP contribution in [-0.4, -0.2) is 38.8 Å². The molecule has 0 fully saturated rings. The summed E-state index contributed by atoms with van der Waals surface area (Å²) in [4.78, 5) is 11.7. The van der Waals surface area contributed by atoms with Crippen LogP contribution in [0.1, 0.15) is 18.1 Å². The number of ether oxygens (including phenoxy) is 2. The van der Waals surface area contributed by atoms with Crippen LogP contribution in [0.5, 0.6) is 5.75 Å². The Morgan fingerprint density at radius 2 is 1.47 bits per heavy atom. The van der Waals surface area contributed by atoms with Gasteiger partial charge in [-0.15, -0.1) is 0 Å². The molecule has 0 aliphatic rings. The van der Waals surface area contributed by atoms with Gasteiger partial charge in [0.25, 0.3) is 0 Å². The Morgan fingerprint density at radius 3 is 2.06 bits per heavy atom. The number of carbonyl (C=O) groups is 1. The lowest BCUT2D eigenvalue weighted by molar-refractivity contribution is -0.149. The number of carboxylic acid groups (broad SMARTS) is 1. The van der Waals surface area contributed by atoms with E-state index in [-0.39, 0.29) is 9.79 Å². The maximum absolute atomic E-state index is 12.6. The number of sulfone groups is 1. The largest absolute Gasteiger partial charge is 0.493 e. The molecule has 7 heteroatoms. The summed E-state index contributed by atoms with van der Waals surface area (Å²) < 4.78 is 36.3. The second kappa shape index (κ2) is 10.9. The molecule has 0 radical (unpaired) electrons. The lowest BCUT2D eigenvalue weighted by atomic mass is 10.1. The van der Waals surface area contributed by atoms with Gasteiger partial charge in [0.15, 0.2) is 6.10 Å². The molecule has 0 aliphatic heterocycles. The predicted molar refractivity (Wildman–Crippen MR) is 121 cm³/mol. The summed E-state index contributed by atoms with van der Waals surface area (Å²) in [5.41, 5.74) is 1.82. The summed E-state index contributed by atoms with van der Waals surface area (Å²) in [5.74, 6) is -0.296. The van der Waals surface area contributed by atoms with E-state index in [1.54, 1.807) is 73.7 Å². The molecule has 0 aliphatic carbocycles. The number of rotatable bonds is 11. The van der Waals surface area contributed by atoms with E-state index in [4.69, 9.17) is 9.47 Å². The van der Waals surface area contributed by atoms with Crippen LogP contribution in [-0.2, 0) is 32.2 Å². The molecule has 6 nitrogen and oxygen atoms in total. The van der Waals surface area contributed by atoms with Gasteiger partial charge in [0.2, 0.25) is 9.84 Å². The Bertz CT molecular complexity index is 1110. The minimum Gasteiger partial charge on any atom is -0.493 e. The van der Waals surface area contributed by atoms with Crippen LogP contribution in [0, 0.1) is 0 Å². The standard InChI is InChI=1S/C25H26O6S/c1-2-30-24(25(26)27)18-20-8-12-21(13-9-20)31-17-16-19-10-14-23(15-11-19)32(28,29)22-6-4-3-5-7-22/h3-15,24H,2,16-18H2,1H3,(H,26,27). The number of benzene rings is 3. The number of aliphatic carboxylic acids is 1. The molecule has 0 bridgehead atoms. The lowest BCUT2D eigenvalue weighted by Gasteiger charge is -2.13. The van der Waals surface area contributed by atoms with E-state index in [0.717, 1.165) is 11.1 Å². The SMILES string of the molecule is CCOC(Cc1ccc(OCCc2ccc(S(=O)(=O)c3ccccc3)cc2)cc1)C(=O)O. The fourth-order valence-corrected chi connectivity index (χ4v) is 4.49. The molecule has 168 valence electrons. The smallest absolute Gasteiger partial charge is 0.333 e. The third-order valence-electron chi connectivity index (χ3n) is 4.93. The van der Waals surface area contributed by atoms with Gasteiger partial charge in [0.1, 0.15) is 5.75 Å². The highest BCUT2D eigenvalue weighted by atomic mass is 32.2. The first-order chi connectivity index (χ1) is 15.4. The van der Waals surface area contributed by atoms with E-state index in [1.165, 1.54) is 0 Å². The van der Waals surface area contributed by atoms with Crippen molar-refractivity contribution >= 4 is 15.8 Å². The van der Waals surface area contributed by atoms with Crippen molar-refractivity contribution in [2.75, 3.05) is 13.2 Å². The van der Waals surface area contributed by atoms with Crippen molar-refractivity contribution < 1.29 is 27.8 Å². The van der Waals surface area contributed by atoms with E-state index in [9.17, 15) is 18.3 Å². The molecule has 3 aromatic carbocycles. The van der Waals surface area contributed by atoms with Crippen molar-refractivity contribution in [1.29, 1.82) is 0 Å². The van der Waals surface area contributed by atoms with Gasteiger partial charge in [-0.1, -0.05) is 42.5 Å². The minimum absolute atomic E-state index is 0.260. The topological polar surface area (TPSA) is 89.9 Å². The Kier molecular flexibility index (Phi) is 8.03. The molecule has 0 heterocycles. The zero-order valence-corrected chi connectivity index (χ0v) is 18.6. The molecule has 0 aromatic heterocycles. The third-order valence-corrected chi connectivity index (χ3v) is 6.72. The molecule has 32 heavy (non-hydrogen) atoms. The van der Waals surface area contributed by atoms with E-state index >= 15 is 0 Å². The normalized spacial score (nSPS) is 12.3. The number of hydrogen-bond donors (Lipinski definition) is 1. The van der Waals surface area contributed by atoms with Crippen LogP contribution in [0.25, 0.3) is 0 Å². The van der Waals surface area contributed by atoms with Crippen LogP contribution in [0.3, 0.4) is 0 Å². The maximum atomic E-state index is 12.6. The molecule has 3 rings (SSSR count). The van der Waals surface area contributed by atoms with Crippen molar-refractivity contribution in [2.45, 2.75) is 35.7 Å². The highest BCUT2D eigenvalue weighted by Crippen LogP contribution is 2.21. The summed E-state index contributed by atoms with van der Waals surface area (Å²) in [7, 11) is -3.52. The van der Waals surface area contributed by atoms with Crippen molar-refractivity contribution in [2.24, 2.45) is 0 Å². The Labute approximate surface area is 188 Å². The second-order valence-corrected chi connectivity index (χ2v) is 9.14. The zero-order valence-electron chi connectivity index (χ0n) is 17.8. The predicted octanol–water partition coefficient (Wildman–Crippen LogP) is 4.17. The van der Waals surface area contributed by atoms with Crippen LogP contribution in [0.4, 0.5) is 0 Å². The number of hydrogen-bond acceptors (Lipinski definition) is 5. The van der Waals surface area contributed by atoms with Gasteiger partial charge >= 0.3 is 5.97 Å². The Morgan fingerprint density at radius 1 is 0.875 bits per heavy atom. The first-order valence-electron chi connectivity index (χ1n) is 10.4. The average Bonchev–Trinajstić information content (AvgIpc) is 2.81. The molecular weight excluding hydrogens is 428 g/mol. The van der Waals surface area contributed by atoms with Gasteiger partial charge in [-0.25, -0.2) is 13.2 Å². The van der Waals surface area contributed by atoms with Crippen molar-refractivity contribution in [3.05, 3.63) is 90.0 Å². The Balaban J connectivity index is 1.53. The molecule has 1 atom stereocenters. The molecular formula is C25H26O6S. The Hall–Kier alpha value is -3.16. The van der Waals surface area contributed by atoms with Crippen LogP contribution in [0.2, 0.25) is 0 Å². The van der Waals surface area contributed by atoms with Gasteiger partial charge in [0, 0.05) is 19.4 Å². The monoisotopic (exact) mass is 454 g/mol. The highest BCUT2D eigenvalue weighted by Gasteiger charge is 2.18. The quantitative estimate of drug-likeness (QED) is 0.468. The first-order valence-corrected chi connectivity index (χ1v) is 11.8.